The second kappa shape index (κ2) is 9.37. The molecular weight excluding hydrogens is 360 g/mol. The van der Waals surface area contributed by atoms with Gasteiger partial charge in [-0.3, -0.25) is 4.79 Å². The van der Waals surface area contributed by atoms with Gasteiger partial charge in [-0.25, -0.2) is 0 Å². The summed E-state index contributed by atoms with van der Waals surface area (Å²) in [5.41, 5.74) is 2.34. The van der Waals surface area contributed by atoms with Crippen LogP contribution < -0.4 is 10.6 Å². The first-order chi connectivity index (χ1) is 11.2. The molecule has 0 spiro atoms. The van der Waals surface area contributed by atoms with Gasteiger partial charge < -0.3 is 10.6 Å². The highest BCUT2D eigenvalue weighted by Gasteiger charge is 2.27. The predicted molar refractivity (Wildman–Crippen MR) is 109 cm³/mol. The van der Waals surface area contributed by atoms with Gasteiger partial charge in [0.2, 0.25) is 0 Å². The first-order valence-electron chi connectivity index (χ1n) is 8.48. The molecule has 3 nitrogen and oxygen atoms in total. The summed E-state index contributed by atoms with van der Waals surface area (Å²) in [6.45, 7) is 5.15. The molecule has 2 aliphatic heterocycles. The van der Waals surface area contributed by atoms with Gasteiger partial charge >= 0.3 is 0 Å². The fraction of sp³-hybridized carbons (Fsp3) is 0.611. The number of rotatable bonds is 4. The van der Waals surface area contributed by atoms with Crippen LogP contribution in [-0.2, 0) is 0 Å². The summed E-state index contributed by atoms with van der Waals surface area (Å²) in [6, 6.07) is 8.20. The normalized spacial score (nSPS) is 20.9. The predicted octanol–water partition coefficient (Wildman–Crippen LogP) is 4.10. The quantitative estimate of drug-likeness (QED) is 0.817. The number of carbonyl (C=O) groups excluding carboxylic acids is 1. The lowest BCUT2D eigenvalue weighted by Gasteiger charge is -2.34. The second-order valence-electron chi connectivity index (χ2n) is 6.79. The number of hydrogen-bond acceptors (Lipinski definition) is 4. The minimum absolute atomic E-state index is 0. The highest BCUT2D eigenvalue weighted by Crippen LogP contribution is 2.43. The van der Waals surface area contributed by atoms with Crippen LogP contribution in [0.5, 0.6) is 0 Å². The molecular formula is C18H27ClN2OS2. The second-order valence-corrected chi connectivity index (χ2v) is 9.52. The average molecular weight is 387 g/mol. The van der Waals surface area contributed by atoms with Crippen molar-refractivity contribution in [3.8, 4) is 0 Å². The molecule has 2 aliphatic rings. The fourth-order valence-corrected chi connectivity index (χ4v) is 5.97. The number of carbonyl (C=O) groups is 1. The van der Waals surface area contributed by atoms with E-state index in [1.165, 1.54) is 23.5 Å². The molecule has 0 saturated carbocycles. The summed E-state index contributed by atoms with van der Waals surface area (Å²) in [4.78, 5) is 12.4. The van der Waals surface area contributed by atoms with Gasteiger partial charge in [-0.1, -0.05) is 19.1 Å². The van der Waals surface area contributed by atoms with Crippen LogP contribution in [0, 0.1) is 5.41 Å². The molecule has 0 unspecified atom stereocenters. The molecule has 2 saturated heterocycles. The summed E-state index contributed by atoms with van der Waals surface area (Å²) in [7, 11) is 0. The van der Waals surface area contributed by atoms with E-state index in [2.05, 4.69) is 29.7 Å². The molecule has 2 N–H and O–H groups in total. The van der Waals surface area contributed by atoms with Crippen molar-refractivity contribution in [1.29, 1.82) is 0 Å². The van der Waals surface area contributed by atoms with Crippen molar-refractivity contribution in [2.75, 3.05) is 31.1 Å². The van der Waals surface area contributed by atoms with Crippen LogP contribution >= 0.6 is 35.9 Å². The Morgan fingerprint density at radius 1 is 1.21 bits per heavy atom. The van der Waals surface area contributed by atoms with Gasteiger partial charge in [0.25, 0.3) is 5.91 Å². The molecule has 0 radical (unpaired) electrons. The zero-order chi connectivity index (χ0) is 16.1. The minimum Gasteiger partial charge on any atom is -0.351 e. The molecule has 0 aromatic heterocycles. The number of amides is 1. The maximum Gasteiger partial charge on any atom is 0.251 e. The zero-order valence-corrected chi connectivity index (χ0v) is 16.6. The summed E-state index contributed by atoms with van der Waals surface area (Å²) < 4.78 is 0.537. The average Bonchev–Trinajstić information content (AvgIpc) is 2.61. The Hall–Kier alpha value is -0.360. The van der Waals surface area contributed by atoms with E-state index in [9.17, 15) is 4.79 Å². The topological polar surface area (TPSA) is 41.1 Å². The summed E-state index contributed by atoms with van der Waals surface area (Å²) in [5, 5.41) is 6.51. The Labute approximate surface area is 159 Å². The van der Waals surface area contributed by atoms with Gasteiger partial charge in [-0.05, 0) is 67.0 Å². The third-order valence-electron chi connectivity index (χ3n) is 4.76. The maximum absolute atomic E-state index is 12.4. The largest absolute Gasteiger partial charge is 0.351 e. The van der Waals surface area contributed by atoms with E-state index in [-0.39, 0.29) is 23.7 Å². The molecule has 1 aromatic rings. The number of hydrogen-bond donors (Lipinski definition) is 2. The highest BCUT2D eigenvalue weighted by atomic mass is 35.5. The van der Waals surface area contributed by atoms with E-state index < -0.39 is 0 Å². The highest BCUT2D eigenvalue weighted by molar-refractivity contribution is 8.16. The van der Waals surface area contributed by atoms with Crippen molar-refractivity contribution in [2.24, 2.45) is 5.41 Å². The molecule has 2 fully saturated rings. The summed E-state index contributed by atoms with van der Waals surface area (Å²) in [5.74, 6) is 2.54. The smallest absolute Gasteiger partial charge is 0.251 e. The molecule has 1 aromatic carbocycles. The van der Waals surface area contributed by atoms with E-state index in [4.69, 9.17) is 0 Å². The third-order valence-corrected chi connectivity index (χ3v) is 7.77. The lowest BCUT2D eigenvalue weighted by Crippen LogP contribution is -2.42. The van der Waals surface area contributed by atoms with Gasteiger partial charge in [0.1, 0.15) is 0 Å². The molecule has 0 bridgehead atoms. The van der Waals surface area contributed by atoms with Crippen LogP contribution in [0.3, 0.4) is 0 Å². The van der Waals surface area contributed by atoms with Crippen molar-refractivity contribution < 1.29 is 4.79 Å². The summed E-state index contributed by atoms with van der Waals surface area (Å²) in [6.07, 6.45) is 3.56. The molecule has 1 amide bonds. The van der Waals surface area contributed by atoms with E-state index in [1.54, 1.807) is 0 Å². The van der Waals surface area contributed by atoms with Crippen molar-refractivity contribution in [3.05, 3.63) is 35.4 Å². The lowest BCUT2D eigenvalue weighted by atomic mass is 9.81. The van der Waals surface area contributed by atoms with Gasteiger partial charge in [0.05, 0.1) is 4.58 Å². The van der Waals surface area contributed by atoms with Crippen molar-refractivity contribution in [2.45, 2.75) is 30.8 Å². The first-order valence-corrected chi connectivity index (χ1v) is 10.6. The molecule has 134 valence electrons. The molecule has 2 heterocycles. The first kappa shape index (κ1) is 20.0. The number of thioether (sulfide) groups is 2. The van der Waals surface area contributed by atoms with E-state index in [0.29, 0.717) is 4.58 Å². The van der Waals surface area contributed by atoms with E-state index in [0.717, 1.165) is 38.0 Å². The molecule has 0 aliphatic carbocycles. The number of halogens is 1. The monoisotopic (exact) mass is 386 g/mol. The zero-order valence-electron chi connectivity index (χ0n) is 14.2. The van der Waals surface area contributed by atoms with Crippen LogP contribution in [0.2, 0.25) is 0 Å². The van der Waals surface area contributed by atoms with Crippen LogP contribution in [-0.4, -0.2) is 37.0 Å². The van der Waals surface area contributed by atoms with Gasteiger partial charge in [-0.15, -0.1) is 35.9 Å². The SMILES string of the molecule is CC1(CNC(=O)c2ccc(C3SCCCS3)cc2)CCNCC1.Cl. The Kier molecular flexibility index (Phi) is 7.79. The maximum atomic E-state index is 12.4. The minimum atomic E-state index is 0. The Morgan fingerprint density at radius 2 is 1.83 bits per heavy atom. The van der Waals surface area contributed by atoms with Crippen LogP contribution in [0.25, 0.3) is 0 Å². The van der Waals surface area contributed by atoms with E-state index in [1.807, 2.05) is 35.7 Å². The number of benzene rings is 1. The fourth-order valence-electron chi connectivity index (χ4n) is 3.07. The van der Waals surface area contributed by atoms with Crippen LogP contribution in [0.1, 0.15) is 46.7 Å². The number of nitrogens with one attached hydrogen (secondary N) is 2. The molecule has 6 heteroatoms. The molecule has 3 rings (SSSR count). The summed E-state index contributed by atoms with van der Waals surface area (Å²) >= 11 is 4.03. The van der Waals surface area contributed by atoms with E-state index >= 15 is 0 Å². The number of piperidine rings is 1. The Morgan fingerprint density at radius 3 is 2.46 bits per heavy atom. The van der Waals surface area contributed by atoms with Crippen LogP contribution in [0.15, 0.2) is 24.3 Å². The Balaban J connectivity index is 0.00000208. The van der Waals surface area contributed by atoms with Crippen molar-refractivity contribution in [1.82, 2.24) is 10.6 Å². The Bertz CT molecular complexity index is 526. The van der Waals surface area contributed by atoms with Gasteiger partial charge in [-0.2, -0.15) is 0 Å². The van der Waals surface area contributed by atoms with Crippen molar-refractivity contribution in [3.63, 3.8) is 0 Å². The molecule has 0 atom stereocenters. The van der Waals surface area contributed by atoms with Gasteiger partial charge in [0.15, 0.2) is 0 Å². The lowest BCUT2D eigenvalue weighted by molar-refractivity contribution is 0.0922. The third kappa shape index (κ3) is 5.32. The van der Waals surface area contributed by atoms with Crippen molar-refractivity contribution >= 4 is 41.8 Å². The molecule has 24 heavy (non-hydrogen) atoms. The van der Waals surface area contributed by atoms with Gasteiger partial charge in [0, 0.05) is 12.1 Å². The van der Waals surface area contributed by atoms with Crippen LogP contribution in [0.4, 0.5) is 0 Å². The standard InChI is InChI=1S/C18H26N2OS2.ClH/c1-18(7-9-19-10-8-18)13-20-16(21)14-3-5-15(6-4-14)17-22-11-2-12-23-17;/h3-6,17,19H,2,7-13H2,1H3,(H,20,21);1H.